The molecule has 2 rings (SSSR count). The topological polar surface area (TPSA) is 872 Å². The molecule has 22 atom stereocenters. The van der Waals surface area contributed by atoms with Gasteiger partial charge in [0.25, 0.3) is 0 Å². The zero-order valence-electron chi connectivity index (χ0n) is 83.4. The summed E-state index contributed by atoms with van der Waals surface area (Å²) in [6, 6.07) is -26.3. The van der Waals surface area contributed by atoms with E-state index in [1.807, 2.05) is 0 Å². The first-order valence-corrected chi connectivity index (χ1v) is 47.3. The van der Waals surface area contributed by atoms with Gasteiger partial charge in [-0.3, -0.25) is 115 Å². The number of aliphatic carboxylic acids is 3. The Labute approximate surface area is 836 Å². The third kappa shape index (κ3) is 42.7. The third-order valence-electron chi connectivity index (χ3n) is 22.7. The zero-order valence-corrected chi connectivity index (χ0v) is 84.3. The third-order valence-corrected chi connectivity index (χ3v) is 23.1. The first-order valence-electron chi connectivity index (χ1n) is 46.6. The van der Waals surface area contributed by atoms with Crippen LogP contribution in [0.15, 0.2) is 24.3 Å². The Morgan fingerprint density at radius 3 is 1.19 bits per heavy atom. The molecule has 1 aliphatic heterocycles. The highest BCUT2D eigenvalue weighted by atomic mass is 32.1. The SMILES string of the molecule is CC[C@H](C)[C@H](NC(=O)[C@@H](NC(=O)[C@H](C)NC(=O)[C@H](CC(=O)O)NC(=O)[C@@H](NC(=O)[C@@H]1CCCN1C(=O)[C@@H](N)CC(=O)O)C(C)C)C(C)C)C(=O)N[C@@H](CC(N)=O)C(=O)N[C@H](C(=O)N[C@H](C(=O)N[C@@H](CS)C(=O)N[C@@H](CC(N)=O)C(=O)N[C@@H](Cc1ccc(O)cc1)C(=O)NCC(=O)N[C@@H](CCC(N)=O)C(=O)N[C@H](C(=O)N[C@H](C(=O)N[C@@H](C)C(=O)N[C@@H](C)C(=O)N[C@@H](CC(C)C)C(=O)O)C(C)C)C(C)C)[C@@H](C)O)[C@@H](C)O. The first-order chi connectivity index (χ1) is 66.9. The maximum absolute atomic E-state index is 14.4. The molecule has 0 aliphatic carbocycles. The summed E-state index contributed by atoms with van der Waals surface area (Å²) in [7, 11) is 0. The Kier molecular flexibility index (Phi) is 52.9. The molecule has 54 nitrogen and oxygen atoms in total. The van der Waals surface area contributed by atoms with Crippen LogP contribution in [-0.2, 0) is 126 Å². The lowest BCUT2D eigenvalue weighted by Crippen LogP contribution is -2.64. The van der Waals surface area contributed by atoms with E-state index in [2.05, 4.69) is 108 Å². The highest BCUT2D eigenvalue weighted by Gasteiger charge is 2.44. The summed E-state index contributed by atoms with van der Waals surface area (Å²) in [6.07, 6.45) is -8.65. The van der Waals surface area contributed by atoms with Gasteiger partial charge in [-0.1, -0.05) is 102 Å². The number of amides is 22. The van der Waals surface area contributed by atoms with Crippen LogP contribution in [0.3, 0.4) is 0 Å². The number of aliphatic hydroxyl groups is 2. The average Bonchev–Trinajstić information content (AvgIpc) is 1.70. The number of rotatable bonds is 62. The molecular formula is C89H143N23O31S. The van der Waals surface area contributed by atoms with Crippen molar-refractivity contribution in [2.24, 2.45) is 58.4 Å². The second kappa shape index (κ2) is 60.4. The molecule has 1 aliphatic rings. The van der Waals surface area contributed by atoms with Crippen molar-refractivity contribution < 1.29 is 151 Å². The van der Waals surface area contributed by atoms with E-state index in [0.29, 0.717) is 6.42 Å². The van der Waals surface area contributed by atoms with Crippen LogP contribution in [-0.4, -0.2) is 329 Å². The van der Waals surface area contributed by atoms with Crippen LogP contribution in [0.2, 0.25) is 0 Å². The number of aromatic hydroxyl groups is 1. The van der Waals surface area contributed by atoms with E-state index >= 15 is 0 Å². The maximum Gasteiger partial charge on any atom is 0.326 e. The Balaban J connectivity index is 2.37. The summed E-state index contributed by atoms with van der Waals surface area (Å²) in [5.74, 6) is -33.7. The molecule has 1 aromatic carbocycles. The fourth-order valence-corrected chi connectivity index (χ4v) is 14.5. The predicted octanol–water partition coefficient (Wildman–Crippen LogP) is -9.87. The van der Waals surface area contributed by atoms with Crippen LogP contribution in [0.5, 0.6) is 5.75 Å². The fraction of sp³-hybridized carbons (Fsp3) is 0.652. The minimum Gasteiger partial charge on any atom is -0.508 e. The minimum absolute atomic E-state index is 0.0365. The number of carbonyl (C=O) groups excluding carboxylic acids is 22. The summed E-state index contributed by atoms with van der Waals surface area (Å²) >= 11 is 4.14. The first kappa shape index (κ1) is 126. The molecule has 55 heteroatoms. The van der Waals surface area contributed by atoms with Gasteiger partial charge in [0, 0.05) is 25.1 Å². The van der Waals surface area contributed by atoms with Gasteiger partial charge in [0.2, 0.25) is 130 Å². The van der Waals surface area contributed by atoms with E-state index in [4.69, 9.17) is 28.0 Å². The average molecular weight is 2060 g/mol. The van der Waals surface area contributed by atoms with Gasteiger partial charge >= 0.3 is 17.9 Å². The molecule has 0 unspecified atom stereocenters. The number of hydrogen-bond donors (Lipinski definition) is 29. The van der Waals surface area contributed by atoms with Gasteiger partial charge in [0.1, 0.15) is 115 Å². The number of hydrogen-bond acceptors (Lipinski definition) is 30. The lowest BCUT2D eigenvalue weighted by molar-refractivity contribution is -0.144. The van der Waals surface area contributed by atoms with Crippen LogP contribution >= 0.6 is 12.6 Å². The Bertz CT molecular complexity index is 4750. The van der Waals surface area contributed by atoms with Crippen LogP contribution in [0.1, 0.15) is 187 Å². The second-order valence-corrected chi connectivity index (χ2v) is 37.4. The largest absolute Gasteiger partial charge is 0.508 e. The summed E-state index contributed by atoms with van der Waals surface area (Å²) < 4.78 is 0. The van der Waals surface area contributed by atoms with E-state index in [0.717, 1.165) is 25.7 Å². The lowest BCUT2D eigenvalue weighted by atomic mass is 9.95. The standard InChI is InChI=1S/C89H143N23O31S/c1-18-41(12)68(109-84(137)66(39(8)9)105-73(126)44(15)96-76(129)54(33-63(122)123)102-82(135)65(38(6)7)107-80(133)57-20-19-27-112(57)88(141)49(90)30-62(120)121)85(138)101-53(32-60(93)118)78(131)110-70(46(17)114)87(140)111-69(45(16)113)86(139)104-56(35-144)79(132)100-52(31-59(92)117)77(130)99-51(29-47-21-23-48(115)24-22-47)74(127)94-34-61(119)98-50(25-26-58(91)116)75(128)106-67(40(10)11)83(136)108-64(37(4)5)81(134)97-42(13)71(124)95-43(14)72(125)103-55(89(142)143)28-36(2)3/h21-24,36-46,49-57,64-70,113-115,144H,18-20,25-35,90H2,1-17H3,(H2,91,116)(H2,92,117)(H2,93,118)(H,94,127)(H,95,124)(H,96,129)(H,97,134)(H,98,119)(H,99,130)(H,100,132)(H,101,138)(H,102,135)(H,103,125)(H,104,139)(H,105,126)(H,106,128)(H,107,133)(H,108,136)(H,109,137)(H,110,131)(H,111,140)(H,120,121)(H,122,123)(H,142,143)/t41-,42-,43-,44-,45+,46+,49-,50-,51-,52-,53-,54-,55-,56-,57-,64-,65-,66-,67-,68-,69-,70-/m0/s1. The number of benzene rings is 1. The van der Waals surface area contributed by atoms with Gasteiger partial charge in [0.05, 0.1) is 50.5 Å². The number of carbonyl (C=O) groups is 25. The van der Waals surface area contributed by atoms with Crippen molar-refractivity contribution in [1.82, 2.24) is 101 Å². The minimum atomic E-state index is -2.16. The van der Waals surface area contributed by atoms with Crippen molar-refractivity contribution in [2.45, 2.75) is 315 Å². The van der Waals surface area contributed by atoms with E-state index in [1.165, 1.54) is 86.6 Å². The van der Waals surface area contributed by atoms with Crippen molar-refractivity contribution in [3.63, 3.8) is 0 Å². The molecule has 0 radical (unpaired) electrons. The molecule has 32 N–H and O–H groups in total. The number of phenolic OH excluding ortho intramolecular Hbond substituents is 1. The van der Waals surface area contributed by atoms with Gasteiger partial charge < -0.3 is 154 Å². The van der Waals surface area contributed by atoms with Crippen molar-refractivity contribution >= 4 is 160 Å². The van der Waals surface area contributed by atoms with E-state index in [-0.39, 0.29) is 43.0 Å². The quantitative estimate of drug-likeness (QED) is 0.0269. The van der Waals surface area contributed by atoms with Crippen LogP contribution in [0.4, 0.5) is 0 Å². The molecular weight excluding hydrogens is 1920 g/mol. The van der Waals surface area contributed by atoms with Gasteiger partial charge in [0.15, 0.2) is 0 Å². The van der Waals surface area contributed by atoms with E-state index in [1.54, 1.807) is 34.6 Å². The number of thiol groups is 1. The molecule has 0 spiro atoms. The molecule has 1 heterocycles. The highest BCUT2D eigenvalue weighted by Crippen LogP contribution is 2.22. The van der Waals surface area contributed by atoms with Gasteiger partial charge in [-0.05, 0) is 114 Å². The number of primary amides is 3. The monoisotopic (exact) mass is 2060 g/mol. The molecule has 0 saturated carbocycles. The number of nitrogens with zero attached hydrogens (tertiary/aromatic N) is 1. The Morgan fingerprint density at radius 2 is 0.736 bits per heavy atom. The Morgan fingerprint density at radius 1 is 0.389 bits per heavy atom. The second-order valence-electron chi connectivity index (χ2n) is 37.0. The van der Waals surface area contributed by atoms with Crippen LogP contribution in [0, 0.1) is 35.5 Å². The molecule has 0 bridgehead atoms. The number of aliphatic hydroxyl groups excluding tert-OH is 2. The van der Waals surface area contributed by atoms with Gasteiger partial charge in [-0.2, -0.15) is 12.6 Å². The fourth-order valence-electron chi connectivity index (χ4n) is 14.2. The zero-order chi connectivity index (χ0) is 110. The number of carboxylic acids is 3. The highest BCUT2D eigenvalue weighted by molar-refractivity contribution is 7.80. The number of nitrogens with two attached hydrogens (primary N) is 4. The van der Waals surface area contributed by atoms with Gasteiger partial charge in [-0.25, -0.2) is 4.79 Å². The van der Waals surface area contributed by atoms with Crippen molar-refractivity contribution in [3.8, 4) is 5.75 Å². The number of carboxylic acid groups (broad SMARTS) is 3. The van der Waals surface area contributed by atoms with E-state index < -0.39 is 362 Å². The number of likely N-dealkylation sites (tertiary alicyclic amines) is 1. The van der Waals surface area contributed by atoms with Crippen LogP contribution < -0.4 is 119 Å². The molecule has 22 amide bonds. The predicted molar refractivity (Wildman–Crippen MR) is 511 cm³/mol. The summed E-state index contributed by atoms with van der Waals surface area (Å²) in [4.78, 5) is 337. The van der Waals surface area contributed by atoms with Crippen LogP contribution in [0.25, 0.3) is 0 Å². The van der Waals surface area contributed by atoms with Crippen molar-refractivity contribution in [1.29, 1.82) is 0 Å². The molecule has 144 heavy (non-hydrogen) atoms. The van der Waals surface area contributed by atoms with Crippen molar-refractivity contribution in [2.75, 3.05) is 18.8 Å². The molecule has 1 fully saturated rings. The summed E-state index contributed by atoms with van der Waals surface area (Å²) in [6.45, 7) is 23.2. The smallest absolute Gasteiger partial charge is 0.326 e. The van der Waals surface area contributed by atoms with E-state index in [9.17, 15) is 145 Å². The van der Waals surface area contributed by atoms with Crippen molar-refractivity contribution in [3.05, 3.63) is 29.8 Å². The summed E-state index contributed by atoms with van der Waals surface area (Å²) in [5.41, 5.74) is 22.5. The number of nitrogens with one attached hydrogen (secondary N) is 18. The summed E-state index contributed by atoms with van der Waals surface area (Å²) in [5, 5.41) is 103. The van der Waals surface area contributed by atoms with Gasteiger partial charge in [-0.15, -0.1) is 0 Å². The molecule has 1 aromatic rings. The normalized spacial score (nSPS) is 16.7. The molecule has 806 valence electrons. The molecule has 1 saturated heterocycles. The Hall–Kier alpha value is -14.0. The lowest BCUT2D eigenvalue weighted by Gasteiger charge is -2.31. The molecule has 0 aromatic heterocycles. The number of phenols is 1. The maximum atomic E-state index is 14.4.